The quantitative estimate of drug-likeness (QED) is 0.861. The first kappa shape index (κ1) is 18.5. The summed E-state index contributed by atoms with van der Waals surface area (Å²) in [5.74, 6) is -0.488. The summed E-state index contributed by atoms with van der Waals surface area (Å²) in [5, 5.41) is 2.37. The van der Waals surface area contributed by atoms with Gasteiger partial charge < -0.3 is 9.88 Å². The lowest BCUT2D eigenvalue weighted by molar-refractivity contribution is -0.116. The Morgan fingerprint density at radius 2 is 2.00 bits per heavy atom. The fourth-order valence-corrected chi connectivity index (χ4v) is 4.24. The maximum absolute atomic E-state index is 13.6. The molecule has 0 bridgehead atoms. The zero-order valence-electron chi connectivity index (χ0n) is 14.4. The Labute approximate surface area is 151 Å². The van der Waals surface area contributed by atoms with Crippen molar-refractivity contribution < 1.29 is 17.6 Å². The van der Waals surface area contributed by atoms with Gasteiger partial charge in [-0.2, -0.15) is 4.31 Å². The molecule has 0 spiro atoms. The average Bonchev–Trinajstić information content (AvgIpc) is 3.06. The number of benzene rings is 1. The van der Waals surface area contributed by atoms with Gasteiger partial charge in [-0.15, -0.1) is 0 Å². The summed E-state index contributed by atoms with van der Waals surface area (Å²) in [6.07, 6.45) is 4.27. The van der Waals surface area contributed by atoms with Crippen molar-refractivity contribution >= 4 is 21.6 Å². The summed E-state index contributed by atoms with van der Waals surface area (Å²) in [6, 6.07) is 5.84. The second kappa shape index (κ2) is 7.55. The molecule has 7 nitrogen and oxygen atoms in total. The minimum absolute atomic E-state index is 0.0768. The normalized spacial score (nSPS) is 16.5. The lowest BCUT2D eigenvalue weighted by atomic mass is 10.0. The van der Waals surface area contributed by atoms with Crippen LogP contribution in [0.4, 0.5) is 10.1 Å². The monoisotopic (exact) mass is 380 g/mol. The molecule has 1 fully saturated rings. The second-order valence-corrected chi connectivity index (χ2v) is 8.38. The van der Waals surface area contributed by atoms with Crippen LogP contribution in [-0.2, 0) is 21.4 Å². The molecule has 1 aromatic carbocycles. The van der Waals surface area contributed by atoms with Crippen molar-refractivity contribution in [2.24, 2.45) is 5.92 Å². The number of anilines is 1. The number of halogens is 1. The van der Waals surface area contributed by atoms with Crippen LogP contribution in [0, 0.1) is 11.7 Å². The Balaban J connectivity index is 1.66. The van der Waals surface area contributed by atoms with Gasteiger partial charge in [-0.3, -0.25) is 4.79 Å². The fraction of sp³-hybridized carbons (Fsp3) is 0.412. The van der Waals surface area contributed by atoms with Gasteiger partial charge in [0.05, 0.1) is 12.0 Å². The van der Waals surface area contributed by atoms with E-state index in [-0.39, 0.29) is 17.3 Å². The van der Waals surface area contributed by atoms with E-state index >= 15 is 0 Å². The van der Waals surface area contributed by atoms with Crippen LogP contribution in [-0.4, -0.2) is 41.3 Å². The smallest absolute Gasteiger partial charge is 0.262 e. The molecule has 26 heavy (non-hydrogen) atoms. The highest BCUT2D eigenvalue weighted by Gasteiger charge is 2.29. The van der Waals surface area contributed by atoms with E-state index in [1.54, 1.807) is 6.07 Å². The highest BCUT2D eigenvalue weighted by Crippen LogP contribution is 2.22. The zero-order chi connectivity index (χ0) is 18.7. The van der Waals surface area contributed by atoms with Gasteiger partial charge in [0.15, 0.2) is 5.03 Å². The SMILES string of the molecule is CC1CCN(S(=O)(=O)c2cn(CC(=O)Nc3ccccc3F)cn2)CC1. The minimum Gasteiger partial charge on any atom is -0.327 e. The summed E-state index contributed by atoms with van der Waals surface area (Å²) >= 11 is 0. The van der Waals surface area contributed by atoms with E-state index in [0.29, 0.717) is 19.0 Å². The van der Waals surface area contributed by atoms with E-state index in [2.05, 4.69) is 17.2 Å². The number of nitrogens with one attached hydrogen (secondary N) is 1. The third-order valence-corrected chi connectivity index (χ3v) is 6.21. The molecule has 1 aliphatic heterocycles. The number of hydrogen-bond acceptors (Lipinski definition) is 4. The summed E-state index contributed by atoms with van der Waals surface area (Å²) in [7, 11) is -3.66. The standard InChI is InChI=1S/C17H21FN4O3S/c1-13-6-8-22(9-7-13)26(24,25)17-11-21(12-19-17)10-16(23)20-15-5-3-2-4-14(15)18/h2-5,11-13H,6-10H2,1H3,(H,20,23). The Morgan fingerprint density at radius 3 is 2.69 bits per heavy atom. The van der Waals surface area contributed by atoms with E-state index in [9.17, 15) is 17.6 Å². The zero-order valence-corrected chi connectivity index (χ0v) is 15.2. The fourth-order valence-electron chi connectivity index (χ4n) is 2.83. The molecule has 0 aliphatic carbocycles. The number of carbonyl (C=O) groups excluding carboxylic acids is 1. The van der Waals surface area contributed by atoms with Crippen molar-refractivity contribution in [1.29, 1.82) is 0 Å². The molecule has 1 aliphatic rings. The summed E-state index contributed by atoms with van der Waals surface area (Å²) in [6.45, 7) is 2.90. The van der Waals surface area contributed by atoms with E-state index in [4.69, 9.17) is 0 Å². The highest BCUT2D eigenvalue weighted by atomic mass is 32.2. The number of nitrogens with zero attached hydrogens (tertiary/aromatic N) is 3. The molecule has 0 unspecified atom stereocenters. The molecule has 9 heteroatoms. The van der Waals surface area contributed by atoms with Gasteiger partial charge >= 0.3 is 0 Å². The molecule has 1 saturated heterocycles. The highest BCUT2D eigenvalue weighted by molar-refractivity contribution is 7.89. The number of hydrogen-bond donors (Lipinski definition) is 1. The van der Waals surface area contributed by atoms with Crippen LogP contribution in [0.2, 0.25) is 0 Å². The summed E-state index contributed by atoms with van der Waals surface area (Å²) in [4.78, 5) is 16.0. The number of aromatic nitrogens is 2. The van der Waals surface area contributed by atoms with Crippen molar-refractivity contribution in [1.82, 2.24) is 13.9 Å². The van der Waals surface area contributed by atoms with Gasteiger partial charge in [-0.05, 0) is 30.9 Å². The molecule has 2 aromatic rings. The topological polar surface area (TPSA) is 84.3 Å². The van der Waals surface area contributed by atoms with Gasteiger partial charge in [0.1, 0.15) is 12.4 Å². The number of piperidine rings is 1. The summed E-state index contributed by atoms with van der Waals surface area (Å²) < 4.78 is 41.6. The van der Waals surface area contributed by atoms with Crippen LogP contribution in [0.1, 0.15) is 19.8 Å². The molecule has 140 valence electrons. The van der Waals surface area contributed by atoms with Gasteiger partial charge in [0.2, 0.25) is 5.91 Å². The second-order valence-electron chi connectivity index (χ2n) is 6.50. The molecule has 1 aromatic heterocycles. The first-order chi connectivity index (χ1) is 12.4. The van der Waals surface area contributed by atoms with Gasteiger partial charge in [0, 0.05) is 19.3 Å². The Morgan fingerprint density at radius 1 is 1.31 bits per heavy atom. The van der Waals surface area contributed by atoms with Crippen LogP contribution in [0.25, 0.3) is 0 Å². The van der Waals surface area contributed by atoms with Gasteiger partial charge in [0.25, 0.3) is 10.0 Å². The van der Waals surface area contributed by atoms with Crippen LogP contribution in [0.5, 0.6) is 0 Å². The number of rotatable bonds is 5. The number of carbonyl (C=O) groups is 1. The number of sulfonamides is 1. The molecule has 0 atom stereocenters. The van der Waals surface area contributed by atoms with E-state index in [1.165, 1.54) is 39.6 Å². The number of para-hydroxylation sites is 1. The van der Waals surface area contributed by atoms with E-state index in [0.717, 1.165) is 12.8 Å². The molecular weight excluding hydrogens is 359 g/mol. The Bertz CT molecular complexity index is 889. The van der Waals surface area contributed by atoms with Crippen LogP contribution < -0.4 is 5.32 Å². The molecule has 0 radical (unpaired) electrons. The molecule has 1 N–H and O–H groups in total. The first-order valence-electron chi connectivity index (χ1n) is 8.42. The summed E-state index contributed by atoms with van der Waals surface area (Å²) in [5.41, 5.74) is 0.0768. The Kier molecular flexibility index (Phi) is 5.38. The molecule has 0 saturated carbocycles. The van der Waals surface area contributed by atoms with Crippen LogP contribution in [0.3, 0.4) is 0 Å². The third-order valence-electron chi connectivity index (χ3n) is 4.43. The first-order valence-corrected chi connectivity index (χ1v) is 9.86. The largest absolute Gasteiger partial charge is 0.327 e. The Hall–Kier alpha value is -2.26. The van der Waals surface area contributed by atoms with Gasteiger partial charge in [-0.25, -0.2) is 17.8 Å². The molecule has 1 amide bonds. The number of imidazole rings is 1. The van der Waals surface area contributed by atoms with E-state index < -0.39 is 21.7 Å². The maximum atomic E-state index is 13.6. The van der Waals surface area contributed by atoms with Crippen molar-refractivity contribution in [2.45, 2.75) is 31.3 Å². The van der Waals surface area contributed by atoms with Crippen molar-refractivity contribution in [3.63, 3.8) is 0 Å². The number of amides is 1. The van der Waals surface area contributed by atoms with E-state index in [1.807, 2.05) is 0 Å². The lowest BCUT2D eigenvalue weighted by Gasteiger charge is -2.28. The van der Waals surface area contributed by atoms with Crippen molar-refractivity contribution in [2.75, 3.05) is 18.4 Å². The van der Waals surface area contributed by atoms with Crippen molar-refractivity contribution in [3.05, 3.63) is 42.6 Å². The average molecular weight is 380 g/mol. The van der Waals surface area contributed by atoms with Crippen molar-refractivity contribution in [3.8, 4) is 0 Å². The van der Waals surface area contributed by atoms with Crippen LogP contribution in [0.15, 0.2) is 41.8 Å². The minimum atomic E-state index is -3.66. The van der Waals surface area contributed by atoms with Gasteiger partial charge in [-0.1, -0.05) is 19.1 Å². The predicted octanol–water partition coefficient (Wildman–Crippen LogP) is 2.08. The molecule has 2 heterocycles. The van der Waals surface area contributed by atoms with Crippen LogP contribution >= 0.6 is 0 Å². The maximum Gasteiger partial charge on any atom is 0.262 e. The molecule has 3 rings (SSSR count). The third kappa shape index (κ3) is 4.10. The lowest BCUT2D eigenvalue weighted by Crippen LogP contribution is -2.38. The predicted molar refractivity (Wildman–Crippen MR) is 94.4 cm³/mol. The molecular formula is C17H21FN4O3S.